The van der Waals surface area contributed by atoms with E-state index in [4.69, 9.17) is 9.47 Å². The molecule has 0 spiro atoms. The third kappa shape index (κ3) is 4.92. The Morgan fingerprint density at radius 3 is 2.77 bits per heavy atom. The number of carbonyl (C=O) groups is 1. The first-order valence-electron chi connectivity index (χ1n) is 8.87. The van der Waals surface area contributed by atoms with Crippen LogP contribution in [0.2, 0.25) is 0 Å². The van der Waals surface area contributed by atoms with Crippen molar-refractivity contribution >= 4 is 33.6 Å². The molecule has 0 fully saturated rings. The maximum absolute atomic E-state index is 13.1. The van der Waals surface area contributed by atoms with Crippen molar-refractivity contribution in [3.05, 3.63) is 74.6 Å². The SMILES string of the molecule is COCCNC(=O)C(C#N)=Cc1c(Oc2ccc(Br)cc2)nc2ccccn2c1=O. The van der Waals surface area contributed by atoms with Crippen LogP contribution in [0.5, 0.6) is 11.6 Å². The van der Waals surface area contributed by atoms with Gasteiger partial charge in [0.1, 0.15) is 28.6 Å². The number of fused-ring (bicyclic) bond motifs is 1. The Morgan fingerprint density at radius 2 is 2.07 bits per heavy atom. The van der Waals surface area contributed by atoms with Gasteiger partial charge in [-0.05, 0) is 42.5 Å². The number of halogens is 1. The number of nitrogens with zero attached hydrogens (tertiary/aromatic N) is 3. The summed E-state index contributed by atoms with van der Waals surface area (Å²) in [6.07, 6.45) is 2.74. The second kappa shape index (κ2) is 9.82. The Morgan fingerprint density at radius 1 is 1.30 bits per heavy atom. The van der Waals surface area contributed by atoms with Gasteiger partial charge in [0, 0.05) is 24.3 Å². The highest BCUT2D eigenvalue weighted by Crippen LogP contribution is 2.25. The van der Waals surface area contributed by atoms with E-state index in [2.05, 4.69) is 26.2 Å². The predicted octanol–water partition coefficient (Wildman–Crippen LogP) is 2.92. The number of nitrogens with one attached hydrogen (secondary N) is 1. The molecule has 2 aromatic heterocycles. The molecule has 9 heteroatoms. The minimum Gasteiger partial charge on any atom is -0.438 e. The number of pyridine rings is 1. The van der Waals surface area contributed by atoms with Crippen LogP contribution in [-0.2, 0) is 9.53 Å². The monoisotopic (exact) mass is 468 g/mol. The van der Waals surface area contributed by atoms with E-state index in [1.807, 2.05) is 6.07 Å². The Hall–Kier alpha value is -3.48. The van der Waals surface area contributed by atoms with Crippen LogP contribution in [-0.4, -0.2) is 35.6 Å². The number of aromatic nitrogens is 2. The van der Waals surface area contributed by atoms with Crippen molar-refractivity contribution < 1.29 is 14.3 Å². The molecular weight excluding hydrogens is 452 g/mol. The summed E-state index contributed by atoms with van der Waals surface area (Å²) in [7, 11) is 1.50. The fraction of sp³-hybridized carbons (Fsp3) is 0.143. The van der Waals surface area contributed by atoms with Gasteiger partial charge in [0.2, 0.25) is 5.88 Å². The zero-order valence-corrected chi connectivity index (χ0v) is 17.5. The molecule has 0 aliphatic rings. The van der Waals surface area contributed by atoms with Crippen LogP contribution >= 0.6 is 15.9 Å². The molecule has 0 aliphatic heterocycles. The molecule has 0 saturated heterocycles. The average Bonchev–Trinajstić information content (AvgIpc) is 2.75. The third-order valence-corrected chi connectivity index (χ3v) is 4.54. The molecule has 1 amide bonds. The number of nitriles is 1. The highest BCUT2D eigenvalue weighted by atomic mass is 79.9. The van der Waals surface area contributed by atoms with Crippen LogP contribution in [0.3, 0.4) is 0 Å². The standard InChI is InChI=1S/C21H17BrN4O4/c1-29-11-9-24-19(27)14(13-23)12-17-20(30-16-7-5-15(22)6-8-16)25-18-4-2-3-10-26(18)21(17)28/h2-8,10,12H,9,11H2,1H3,(H,24,27). The summed E-state index contributed by atoms with van der Waals surface area (Å²) in [5, 5.41) is 12.0. The number of hydrogen-bond acceptors (Lipinski definition) is 6. The molecule has 0 bridgehead atoms. The highest BCUT2D eigenvalue weighted by Gasteiger charge is 2.17. The molecule has 1 N–H and O–H groups in total. The molecule has 0 saturated carbocycles. The van der Waals surface area contributed by atoms with Crippen molar-refractivity contribution in [1.29, 1.82) is 5.26 Å². The zero-order chi connectivity index (χ0) is 21.5. The fourth-order valence-electron chi connectivity index (χ4n) is 2.55. The van der Waals surface area contributed by atoms with E-state index in [1.54, 1.807) is 48.7 Å². The predicted molar refractivity (Wildman–Crippen MR) is 114 cm³/mol. The van der Waals surface area contributed by atoms with Crippen LogP contribution in [0.25, 0.3) is 11.7 Å². The van der Waals surface area contributed by atoms with Crippen molar-refractivity contribution in [2.75, 3.05) is 20.3 Å². The quantitative estimate of drug-likeness (QED) is 0.324. The third-order valence-electron chi connectivity index (χ3n) is 4.01. The van der Waals surface area contributed by atoms with E-state index in [0.29, 0.717) is 18.0 Å². The Kier molecular flexibility index (Phi) is 6.95. The molecule has 2 heterocycles. The second-order valence-corrected chi connectivity index (χ2v) is 6.95. The van der Waals surface area contributed by atoms with Crippen LogP contribution in [0.1, 0.15) is 5.56 Å². The number of benzene rings is 1. The summed E-state index contributed by atoms with van der Waals surface area (Å²) in [4.78, 5) is 29.8. The summed E-state index contributed by atoms with van der Waals surface area (Å²) in [6.45, 7) is 0.522. The van der Waals surface area contributed by atoms with Gasteiger partial charge in [-0.25, -0.2) is 0 Å². The molecular formula is C21H17BrN4O4. The van der Waals surface area contributed by atoms with Crippen molar-refractivity contribution in [3.63, 3.8) is 0 Å². The molecule has 0 unspecified atom stereocenters. The van der Waals surface area contributed by atoms with Crippen LogP contribution in [0.4, 0.5) is 0 Å². The van der Waals surface area contributed by atoms with E-state index >= 15 is 0 Å². The lowest BCUT2D eigenvalue weighted by Gasteiger charge is -2.10. The lowest BCUT2D eigenvalue weighted by atomic mass is 10.1. The summed E-state index contributed by atoms with van der Waals surface area (Å²) in [6, 6.07) is 13.9. The van der Waals surface area contributed by atoms with Gasteiger partial charge in [0.25, 0.3) is 11.5 Å². The van der Waals surface area contributed by atoms with E-state index in [-0.39, 0.29) is 23.6 Å². The van der Waals surface area contributed by atoms with Crippen molar-refractivity contribution in [1.82, 2.24) is 14.7 Å². The Bertz CT molecular complexity index is 1200. The number of amides is 1. The minimum atomic E-state index is -0.623. The summed E-state index contributed by atoms with van der Waals surface area (Å²) >= 11 is 3.35. The Labute approximate surface area is 180 Å². The summed E-state index contributed by atoms with van der Waals surface area (Å²) in [5.74, 6) is -0.184. The maximum atomic E-state index is 13.1. The average molecular weight is 469 g/mol. The van der Waals surface area contributed by atoms with Gasteiger partial charge in [-0.2, -0.15) is 10.2 Å². The molecule has 1 aromatic carbocycles. The molecule has 0 radical (unpaired) electrons. The first-order valence-corrected chi connectivity index (χ1v) is 9.66. The number of methoxy groups -OCH3 is 1. The Balaban J connectivity index is 2.09. The van der Waals surface area contributed by atoms with E-state index in [1.165, 1.54) is 17.6 Å². The summed E-state index contributed by atoms with van der Waals surface area (Å²) < 4.78 is 12.9. The number of carbonyl (C=O) groups excluding carboxylic acids is 1. The van der Waals surface area contributed by atoms with Crippen molar-refractivity contribution in [2.45, 2.75) is 0 Å². The smallest absolute Gasteiger partial charge is 0.269 e. The topological polar surface area (TPSA) is 106 Å². The first-order chi connectivity index (χ1) is 14.5. The highest BCUT2D eigenvalue weighted by molar-refractivity contribution is 9.10. The van der Waals surface area contributed by atoms with Gasteiger partial charge in [-0.1, -0.05) is 22.0 Å². The van der Waals surface area contributed by atoms with Gasteiger partial charge in [-0.3, -0.25) is 14.0 Å². The number of rotatable bonds is 7. The van der Waals surface area contributed by atoms with E-state index < -0.39 is 11.5 Å². The van der Waals surface area contributed by atoms with Crippen LogP contribution < -0.4 is 15.6 Å². The minimum absolute atomic E-state index is 0.00837. The number of hydrogen-bond donors (Lipinski definition) is 1. The van der Waals surface area contributed by atoms with Gasteiger partial charge in [-0.15, -0.1) is 0 Å². The molecule has 3 rings (SSSR count). The van der Waals surface area contributed by atoms with Gasteiger partial charge >= 0.3 is 0 Å². The van der Waals surface area contributed by atoms with Crippen molar-refractivity contribution in [3.8, 4) is 17.7 Å². The molecule has 3 aromatic rings. The zero-order valence-electron chi connectivity index (χ0n) is 16.0. The molecule has 152 valence electrons. The second-order valence-electron chi connectivity index (χ2n) is 6.04. The number of ether oxygens (including phenoxy) is 2. The van der Waals surface area contributed by atoms with Gasteiger partial charge in [0.05, 0.1) is 6.61 Å². The lowest BCUT2D eigenvalue weighted by molar-refractivity contribution is -0.117. The van der Waals surface area contributed by atoms with E-state index in [0.717, 1.165) is 4.47 Å². The normalized spacial score (nSPS) is 11.2. The molecule has 0 aliphatic carbocycles. The molecule has 8 nitrogen and oxygen atoms in total. The van der Waals surface area contributed by atoms with E-state index in [9.17, 15) is 14.9 Å². The summed E-state index contributed by atoms with van der Waals surface area (Å²) in [5.41, 5.74) is -0.360. The fourth-order valence-corrected chi connectivity index (χ4v) is 2.82. The lowest BCUT2D eigenvalue weighted by Crippen LogP contribution is -2.28. The molecule has 0 atom stereocenters. The van der Waals surface area contributed by atoms with Gasteiger partial charge < -0.3 is 14.8 Å². The van der Waals surface area contributed by atoms with Gasteiger partial charge in [0.15, 0.2) is 0 Å². The molecule has 30 heavy (non-hydrogen) atoms. The van der Waals surface area contributed by atoms with Crippen LogP contribution in [0, 0.1) is 11.3 Å². The maximum Gasteiger partial charge on any atom is 0.269 e. The largest absolute Gasteiger partial charge is 0.438 e. The first kappa shape index (κ1) is 21.2. The van der Waals surface area contributed by atoms with Crippen LogP contribution in [0.15, 0.2) is 63.5 Å². The van der Waals surface area contributed by atoms with Crippen molar-refractivity contribution in [2.24, 2.45) is 0 Å².